The summed E-state index contributed by atoms with van der Waals surface area (Å²) in [5.41, 5.74) is 1.95. The van der Waals surface area contributed by atoms with Crippen LogP contribution in [0, 0.1) is 109 Å². The molecule has 22 heteroatoms. The molecule has 0 unspecified atom stereocenters. The fourth-order valence-electron chi connectivity index (χ4n) is 2.55. The van der Waals surface area contributed by atoms with Crippen LogP contribution in [0.3, 0.4) is 0 Å². The number of methoxy groups -OCH3 is 2. The van der Waals surface area contributed by atoms with Crippen molar-refractivity contribution in [2.24, 2.45) is 9.98 Å². The minimum atomic E-state index is -1.75. The SMILES string of the molecule is CC#N.CC#N.COc1cccc(C=Nc2ccccc2N=Cc2cccc(OC)c2[O-])c1[O-].O=[N+]([O-])[O-].O=[N+]([O-])[O-].O=[N+]([O-])[O-].[Nd+3].[Zn+2]. The number of hydrogen-bond donors (Lipinski definition) is 0. The van der Waals surface area contributed by atoms with Crippen LogP contribution in [0.4, 0.5) is 11.4 Å². The van der Waals surface area contributed by atoms with Crippen molar-refractivity contribution in [3.8, 4) is 35.1 Å². The zero-order valence-corrected chi connectivity index (χ0v) is 31.7. The van der Waals surface area contributed by atoms with Gasteiger partial charge in [0, 0.05) is 26.3 Å². The Bertz CT molecular complexity index is 1400. The molecule has 0 aromatic heterocycles. The standard InChI is InChI=1S/C22H20N2O4.2C2H3N.3NO3.Nd.Zn/c1-27-19-11-5-7-15(21(19)25)13-23-17-9-3-4-10-18(17)24-14-16-8-6-12-20(28-2)22(16)26;2*1-2-3;3*2-1(3)4;;/h3-14,25-26H,1-2H3;2*1H3;;;;;/q;;;3*-1;+3;+2/p-2. The van der Waals surface area contributed by atoms with Crippen molar-refractivity contribution in [3.63, 3.8) is 0 Å². The molecule has 3 aromatic carbocycles. The Balaban J connectivity index is -0.000000257. The van der Waals surface area contributed by atoms with Gasteiger partial charge in [-0.1, -0.05) is 47.9 Å². The second-order valence-electron chi connectivity index (χ2n) is 6.88. The van der Waals surface area contributed by atoms with Crippen molar-refractivity contribution in [3.05, 3.63) is 118 Å². The third kappa shape index (κ3) is 28.2. The summed E-state index contributed by atoms with van der Waals surface area (Å²) in [5, 5.41) is 83.3. The average Bonchev–Trinajstić information content (AvgIpc) is 2.96. The van der Waals surface area contributed by atoms with Gasteiger partial charge in [-0.2, -0.15) is 10.5 Å². The first-order chi connectivity index (χ1) is 21.7. The minimum Gasteiger partial charge on any atom is -0.870 e. The van der Waals surface area contributed by atoms with Crippen molar-refractivity contribution in [2.45, 2.75) is 13.8 Å². The van der Waals surface area contributed by atoms with Crippen LogP contribution in [0.25, 0.3) is 0 Å². The summed E-state index contributed by atoms with van der Waals surface area (Å²) in [4.78, 5) is 33.5. The molecule has 0 saturated carbocycles. The van der Waals surface area contributed by atoms with Crippen LogP contribution in [-0.2, 0) is 19.5 Å². The molecular weight excluding hydrogens is 828 g/mol. The number of benzene rings is 3. The van der Waals surface area contributed by atoms with E-state index in [2.05, 4.69) is 9.98 Å². The Morgan fingerprint density at radius 3 is 1.10 bits per heavy atom. The van der Waals surface area contributed by atoms with E-state index in [1.165, 1.54) is 40.5 Å². The van der Waals surface area contributed by atoms with Gasteiger partial charge in [0.1, 0.15) is 11.5 Å². The number of rotatable bonds is 6. The summed E-state index contributed by atoms with van der Waals surface area (Å²) < 4.78 is 10.1. The summed E-state index contributed by atoms with van der Waals surface area (Å²) in [5.74, 6) is 0.0525. The molecule has 48 heavy (non-hydrogen) atoms. The fraction of sp³-hybridized carbons (Fsp3) is 0.154. The third-order valence-electron chi connectivity index (χ3n) is 4.03. The first-order valence-electron chi connectivity index (χ1n) is 11.6. The van der Waals surface area contributed by atoms with Gasteiger partial charge in [0.05, 0.1) is 53.0 Å². The summed E-state index contributed by atoms with van der Waals surface area (Å²) in [6, 6.07) is 20.7. The monoisotopic (exact) mass is 848 g/mol. The van der Waals surface area contributed by atoms with E-state index >= 15 is 0 Å². The number of para-hydroxylation sites is 4. The average molecular weight is 852 g/mol. The predicted molar refractivity (Wildman–Crippen MR) is 159 cm³/mol. The van der Waals surface area contributed by atoms with Crippen LogP contribution in [0.5, 0.6) is 23.0 Å². The third-order valence-corrected chi connectivity index (χ3v) is 4.03. The van der Waals surface area contributed by atoms with Crippen molar-refractivity contribution >= 4 is 23.8 Å². The second-order valence-corrected chi connectivity index (χ2v) is 6.88. The van der Waals surface area contributed by atoms with Crippen molar-refractivity contribution < 1.29 is 95.3 Å². The Morgan fingerprint density at radius 1 is 0.625 bits per heavy atom. The van der Waals surface area contributed by atoms with Crippen LogP contribution in [0.1, 0.15) is 25.0 Å². The number of nitriles is 2. The molecule has 0 aliphatic carbocycles. The molecule has 0 fully saturated rings. The van der Waals surface area contributed by atoms with E-state index in [4.69, 9.17) is 66.0 Å². The van der Waals surface area contributed by atoms with Gasteiger partial charge >= 0.3 is 60.3 Å². The van der Waals surface area contributed by atoms with E-state index in [1.807, 2.05) is 12.1 Å². The van der Waals surface area contributed by atoms with Gasteiger partial charge in [-0.15, -0.1) is 0 Å². The van der Waals surface area contributed by atoms with Crippen LogP contribution in [-0.4, -0.2) is 41.9 Å². The summed E-state index contributed by atoms with van der Waals surface area (Å²) >= 11 is 0. The molecule has 0 N–H and O–H groups in total. The largest absolute Gasteiger partial charge is 3.00 e. The van der Waals surface area contributed by atoms with Gasteiger partial charge in [-0.25, -0.2) is 0 Å². The molecule has 0 spiro atoms. The van der Waals surface area contributed by atoms with Gasteiger partial charge in [0.25, 0.3) is 0 Å². The normalized spacial score (nSPS) is 8.38. The van der Waals surface area contributed by atoms with Gasteiger partial charge in [0.2, 0.25) is 0 Å². The number of nitrogens with zero attached hydrogens (tertiary/aromatic N) is 7. The summed E-state index contributed by atoms with van der Waals surface area (Å²) in [6.45, 7) is 2.86. The quantitative estimate of drug-likeness (QED) is 0.148. The molecule has 0 bridgehead atoms. The maximum Gasteiger partial charge on any atom is 3.00 e. The van der Waals surface area contributed by atoms with E-state index in [-0.39, 0.29) is 83.3 Å². The Morgan fingerprint density at radius 2 is 0.875 bits per heavy atom. The maximum atomic E-state index is 12.2. The molecule has 0 heterocycles. The summed E-state index contributed by atoms with van der Waals surface area (Å²) in [7, 11) is 2.90. The molecule has 247 valence electrons. The molecule has 0 amide bonds. The Hall–Kier alpha value is -5.25. The Kier molecular flexibility index (Phi) is 36.1. The van der Waals surface area contributed by atoms with Gasteiger partial charge in [-0.3, -0.25) is 9.98 Å². The molecule has 1 radical (unpaired) electrons. The molecule has 3 aromatic rings. The number of aliphatic imine (C=N–C) groups is 2. The van der Waals surface area contributed by atoms with Crippen LogP contribution < -0.4 is 19.7 Å². The van der Waals surface area contributed by atoms with Crippen molar-refractivity contribution in [1.82, 2.24) is 0 Å². The van der Waals surface area contributed by atoms with E-state index in [0.717, 1.165) is 0 Å². The van der Waals surface area contributed by atoms with E-state index in [1.54, 1.807) is 60.7 Å². The molecule has 20 nitrogen and oxygen atoms in total. The van der Waals surface area contributed by atoms with Gasteiger partial charge < -0.3 is 65.7 Å². The predicted octanol–water partition coefficient (Wildman–Crippen LogP) is 3.69. The molecule has 3 rings (SSSR count). The molecule has 0 aliphatic heterocycles. The smallest absolute Gasteiger partial charge is 0.870 e. The van der Waals surface area contributed by atoms with Gasteiger partial charge in [-0.05, 0) is 35.4 Å². The minimum absolute atomic E-state index is 0. The molecule has 0 aliphatic rings. The van der Waals surface area contributed by atoms with Crippen LogP contribution in [0.2, 0.25) is 0 Å². The first-order valence-corrected chi connectivity index (χ1v) is 11.6. The zero-order valence-electron chi connectivity index (χ0n) is 25.6. The fourth-order valence-corrected chi connectivity index (χ4v) is 2.55. The molecule has 0 atom stereocenters. The molecule has 0 saturated heterocycles. The first kappa shape index (κ1) is 52.3. The Labute approximate surface area is 318 Å². The van der Waals surface area contributed by atoms with Crippen molar-refractivity contribution in [1.29, 1.82) is 10.5 Å². The number of hydrogen-bond acceptors (Lipinski definition) is 17. The topological polar surface area (TPSA) is 335 Å². The van der Waals surface area contributed by atoms with E-state index < -0.39 is 15.3 Å². The van der Waals surface area contributed by atoms with E-state index in [9.17, 15) is 10.2 Å². The zero-order chi connectivity index (χ0) is 36.1. The van der Waals surface area contributed by atoms with Crippen LogP contribution in [0.15, 0.2) is 70.6 Å². The maximum absolute atomic E-state index is 12.2. The summed E-state index contributed by atoms with van der Waals surface area (Å²) in [6.07, 6.45) is 2.95. The van der Waals surface area contributed by atoms with Crippen molar-refractivity contribution in [2.75, 3.05) is 14.2 Å². The second kappa shape index (κ2) is 33.1. The van der Waals surface area contributed by atoms with E-state index in [0.29, 0.717) is 22.5 Å². The molecular formula is C26H24N7NdO13Zn. The van der Waals surface area contributed by atoms with Crippen LogP contribution >= 0.6 is 0 Å². The van der Waals surface area contributed by atoms with Gasteiger partial charge in [0.15, 0.2) is 0 Å². The number of ether oxygens (including phenoxy) is 2.